The second-order valence-corrected chi connectivity index (χ2v) is 7.01. The first kappa shape index (κ1) is 19.9. The molecule has 1 saturated heterocycles. The third kappa shape index (κ3) is 5.48. The summed E-state index contributed by atoms with van der Waals surface area (Å²) in [6.45, 7) is 14.3. The van der Waals surface area contributed by atoms with Crippen molar-refractivity contribution in [2.24, 2.45) is 5.41 Å². The SMILES string of the molecule is C[C-](C)C(C)(C)C[N-]c1ccc(N2CCN(C)CC2)cc1.[U+2]. The van der Waals surface area contributed by atoms with Crippen molar-refractivity contribution < 1.29 is 31.1 Å². The zero-order valence-electron chi connectivity index (χ0n) is 14.7. The van der Waals surface area contributed by atoms with Gasteiger partial charge in [-0.2, -0.15) is 25.8 Å². The number of rotatable bonds is 5. The summed E-state index contributed by atoms with van der Waals surface area (Å²) in [4.78, 5) is 4.84. The number of likely N-dealkylation sites (N-methyl/N-ethyl adjacent to an activating group) is 1. The van der Waals surface area contributed by atoms with E-state index in [1.807, 2.05) is 0 Å². The van der Waals surface area contributed by atoms with Crippen LogP contribution in [0.15, 0.2) is 24.3 Å². The molecule has 2 rings (SSSR count). The monoisotopic (exact) mass is 525 g/mol. The molecule has 3 nitrogen and oxygen atoms in total. The quantitative estimate of drug-likeness (QED) is 0.541. The van der Waals surface area contributed by atoms with Gasteiger partial charge in [-0.05, 0) is 19.2 Å². The van der Waals surface area contributed by atoms with Crippen molar-refractivity contribution in [1.82, 2.24) is 4.90 Å². The van der Waals surface area contributed by atoms with Crippen LogP contribution in [0.2, 0.25) is 0 Å². The molecule has 1 aliphatic rings. The van der Waals surface area contributed by atoms with E-state index in [-0.39, 0.29) is 36.5 Å². The first-order chi connectivity index (χ1) is 9.88. The number of hydrogen-bond donors (Lipinski definition) is 0. The molecule has 0 amide bonds. The Labute approximate surface area is 160 Å². The largest absolute Gasteiger partial charge is 2.00 e. The van der Waals surface area contributed by atoms with Gasteiger partial charge in [-0.3, -0.25) is 0 Å². The van der Waals surface area contributed by atoms with E-state index < -0.39 is 0 Å². The molecule has 0 bridgehead atoms. The van der Waals surface area contributed by atoms with E-state index in [1.165, 1.54) is 11.6 Å². The van der Waals surface area contributed by atoms with E-state index >= 15 is 0 Å². The van der Waals surface area contributed by atoms with Crippen LogP contribution < -0.4 is 4.90 Å². The minimum absolute atomic E-state index is 0. The van der Waals surface area contributed by atoms with Crippen molar-refractivity contribution in [2.75, 3.05) is 44.7 Å². The molecule has 0 atom stereocenters. The van der Waals surface area contributed by atoms with Gasteiger partial charge in [0.05, 0.1) is 0 Å². The normalized spacial score (nSPS) is 16.5. The standard InChI is InChI=1S/C18H29N3.U/c1-15(2)18(3,4)14-19-16-6-8-17(9-7-16)21-12-10-20(5)11-13-21;/h6-9H,10-14H2,1-5H3;/q-2;+2. The predicted molar refractivity (Wildman–Crippen MR) is 92.4 cm³/mol. The van der Waals surface area contributed by atoms with E-state index in [1.54, 1.807) is 0 Å². The minimum atomic E-state index is 0. The van der Waals surface area contributed by atoms with Crippen LogP contribution in [0.3, 0.4) is 0 Å². The predicted octanol–water partition coefficient (Wildman–Crippen LogP) is 4.08. The number of anilines is 1. The first-order valence-corrected chi connectivity index (χ1v) is 7.90. The second kappa shape index (κ2) is 8.62. The summed E-state index contributed by atoms with van der Waals surface area (Å²) in [6.07, 6.45) is 0. The Morgan fingerprint density at radius 2 is 1.59 bits per heavy atom. The molecule has 1 fully saturated rings. The third-order valence-electron chi connectivity index (χ3n) is 4.73. The van der Waals surface area contributed by atoms with Crippen LogP contribution >= 0.6 is 0 Å². The van der Waals surface area contributed by atoms with Gasteiger partial charge in [0.2, 0.25) is 0 Å². The Kier molecular flexibility index (Phi) is 7.79. The molecule has 1 aromatic carbocycles. The molecule has 120 valence electrons. The summed E-state index contributed by atoms with van der Waals surface area (Å²) in [7, 11) is 2.19. The Morgan fingerprint density at radius 3 is 2.09 bits per heavy atom. The van der Waals surface area contributed by atoms with Crippen LogP contribution in [0.4, 0.5) is 11.4 Å². The molecule has 1 aromatic rings. The zero-order chi connectivity index (χ0) is 15.5. The maximum atomic E-state index is 4.75. The Balaban J connectivity index is 0.00000242. The van der Waals surface area contributed by atoms with Gasteiger partial charge in [0.25, 0.3) is 0 Å². The summed E-state index contributed by atoms with van der Waals surface area (Å²) in [5, 5.41) is 4.75. The van der Waals surface area contributed by atoms with E-state index in [2.05, 4.69) is 68.8 Å². The van der Waals surface area contributed by atoms with Gasteiger partial charge in [-0.25, -0.2) is 0 Å². The van der Waals surface area contributed by atoms with Crippen molar-refractivity contribution in [2.45, 2.75) is 27.7 Å². The molecule has 0 N–H and O–H groups in total. The van der Waals surface area contributed by atoms with E-state index in [9.17, 15) is 0 Å². The molecule has 1 aliphatic heterocycles. The molecule has 0 spiro atoms. The van der Waals surface area contributed by atoms with Crippen LogP contribution in [-0.4, -0.2) is 44.7 Å². The third-order valence-corrected chi connectivity index (χ3v) is 4.73. The maximum absolute atomic E-state index is 4.75. The van der Waals surface area contributed by atoms with Crippen molar-refractivity contribution >= 4 is 11.4 Å². The van der Waals surface area contributed by atoms with Crippen LogP contribution in [0, 0.1) is 42.4 Å². The number of nitrogens with zero attached hydrogens (tertiary/aromatic N) is 3. The van der Waals surface area contributed by atoms with Gasteiger partial charge in [0.15, 0.2) is 0 Å². The van der Waals surface area contributed by atoms with Crippen LogP contribution in [0.25, 0.3) is 5.32 Å². The van der Waals surface area contributed by atoms with Gasteiger partial charge < -0.3 is 21.0 Å². The molecule has 0 saturated carbocycles. The average molecular weight is 525 g/mol. The van der Waals surface area contributed by atoms with Crippen LogP contribution in [0.1, 0.15) is 27.7 Å². The molecule has 0 unspecified atom stereocenters. The first-order valence-electron chi connectivity index (χ1n) is 7.90. The van der Waals surface area contributed by atoms with E-state index in [0.717, 1.165) is 38.4 Å². The zero-order valence-corrected chi connectivity index (χ0v) is 18.9. The molecule has 0 aliphatic carbocycles. The second-order valence-electron chi connectivity index (χ2n) is 7.01. The van der Waals surface area contributed by atoms with E-state index in [4.69, 9.17) is 5.32 Å². The summed E-state index contributed by atoms with van der Waals surface area (Å²) in [5.41, 5.74) is 2.58. The molecule has 0 radical (unpaired) electrons. The number of hydrogen-bond acceptors (Lipinski definition) is 2. The average Bonchev–Trinajstić information content (AvgIpc) is 2.46. The molecular weight excluding hydrogens is 496 g/mol. The summed E-state index contributed by atoms with van der Waals surface area (Å²) in [5.74, 6) is 1.43. The molecule has 1 heterocycles. The van der Waals surface area contributed by atoms with Crippen LogP contribution in [-0.2, 0) is 0 Å². The summed E-state index contributed by atoms with van der Waals surface area (Å²) < 4.78 is 0. The van der Waals surface area contributed by atoms with Gasteiger partial charge in [0.1, 0.15) is 0 Å². The fourth-order valence-electron chi connectivity index (χ4n) is 2.28. The van der Waals surface area contributed by atoms with Gasteiger partial charge >= 0.3 is 31.1 Å². The van der Waals surface area contributed by atoms with Crippen molar-refractivity contribution in [3.05, 3.63) is 35.5 Å². The van der Waals surface area contributed by atoms with Crippen molar-refractivity contribution in [3.63, 3.8) is 0 Å². The van der Waals surface area contributed by atoms with Gasteiger partial charge in [-0.15, -0.1) is 5.69 Å². The maximum Gasteiger partial charge on any atom is 2.00 e. The molecular formula is C18H29N3U. The molecule has 22 heavy (non-hydrogen) atoms. The fourth-order valence-corrected chi connectivity index (χ4v) is 2.28. The molecule has 4 heteroatoms. The van der Waals surface area contributed by atoms with Gasteiger partial charge in [0, 0.05) is 31.9 Å². The summed E-state index contributed by atoms with van der Waals surface area (Å²) in [6, 6.07) is 8.71. The van der Waals surface area contributed by atoms with Crippen molar-refractivity contribution in [3.8, 4) is 0 Å². The minimum Gasteiger partial charge on any atom is -0.686 e. The molecule has 0 aromatic heterocycles. The Hall–Kier alpha value is -0.168. The summed E-state index contributed by atoms with van der Waals surface area (Å²) >= 11 is 0. The number of piperazine rings is 1. The Bertz CT molecular complexity index is 434. The smallest absolute Gasteiger partial charge is 0.686 e. The Morgan fingerprint density at radius 1 is 1.05 bits per heavy atom. The topological polar surface area (TPSA) is 20.6 Å². The van der Waals surface area contributed by atoms with Gasteiger partial charge in [-0.1, -0.05) is 26.0 Å². The van der Waals surface area contributed by atoms with Crippen molar-refractivity contribution in [1.29, 1.82) is 0 Å². The van der Waals surface area contributed by atoms with E-state index in [0.29, 0.717) is 0 Å². The van der Waals surface area contributed by atoms with Crippen LogP contribution in [0.5, 0.6) is 0 Å². The fraction of sp³-hybridized carbons (Fsp3) is 0.611. The number of benzene rings is 1.